The van der Waals surface area contributed by atoms with E-state index in [0.29, 0.717) is 18.0 Å². The number of ether oxygens (including phenoxy) is 1. The quantitative estimate of drug-likeness (QED) is 0.593. The number of esters is 1. The number of anilines is 1. The number of carbonyl (C=O) groups is 1. The Morgan fingerprint density at radius 2 is 2.19 bits per heavy atom. The van der Waals surface area contributed by atoms with Gasteiger partial charge in [0.2, 0.25) is 0 Å². The molecule has 0 aromatic carbocycles. The number of pyridine rings is 1. The number of aromatic nitrogens is 1. The number of carbonyl (C=O) groups excluding carboxylic acids is 1. The Balaban J connectivity index is 2.27. The second-order valence-electron chi connectivity index (χ2n) is 3.67. The molecule has 16 heavy (non-hydrogen) atoms. The van der Waals surface area contributed by atoms with Crippen molar-refractivity contribution in [3.05, 3.63) is 24.0 Å². The van der Waals surface area contributed by atoms with E-state index in [0.717, 1.165) is 12.8 Å². The molecule has 0 bridgehead atoms. The lowest BCUT2D eigenvalue weighted by atomic mass is 10.2. The van der Waals surface area contributed by atoms with Crippen molar-refractivity contribution in [3.8, 4) is 0 Å². The fourth-order valence-electron chi connectivity index (χ4n) is 1.29. The summed E-state index contributed by atoms with van der Waals surface area (Å²) in [6, 6.07) is 3.21. The third-order valence-corrected chi connectivity index (χ3v) is 2.23. The highest BCUT2D eigenvalue weighted by atomic mass is 16.5. The summed E-state index contributed by atoms with van der Waals surface area (Å²) in [6.07, 6.45) is 5.81. The van der Waals surface area contributed by atoms with Crippen molar-refractivity contribution in [2.75, 3.05) is 12.3 Å². The topological polar surface area (TPSA) is 65.2 Å². The molecule has 2 N–H and O–H groups in total. The Kier molecular flexibility index (Phi) is 5.32. The first-order chi connectivity index (χ1) is 7.74. The number of hydrogen-bond donors (Lipinski definition) is 1. The average molecular weight is 222 g/mol. The number of unbranched alkanes of at least 4 members (excludes halogenated alkanes) is 3. The Labute approximate surface area is 95.8 Å². The van der Waals surface area contributed by atoms with Crippen molar-refractivity contribution in [1.29, 1.82) is 0 Å². The van der Waals surface area contributed by atoms with Crippen LogP contribution >= 0.6 is 0 Å². The summed E-state index contributed by atoms with van der Waals surface area (Å²) in [4.78, 5) is 15.4. The van der Waals surface area contributed by atoms with Crippen LogP contribution in [0, 0.1) is 0 Å². The zero-order valence-electron chi connectivity index (χ0n) is 9.61. The fourth-order valence-corrected chi connectivity index (χ4v) is 1.29. The van der Waals surface area contributed by atoms with Gasteiger partial charge in [-0.3, -0.25) is 0 Å². The summed E-state index contributed by atoms with van der Waals surface area (Å²) >= 11 is 0. The Morgan fingerprint density at radius 3 is 2.81 bits per heavy atom. The van der Waals surface area contributed by atoms with Gasteiger partial charge in [0.25, 0.3) is 0 Å². The van der Waals surface area contributed by atoms with Crippen LogP contribution in [0.3, 0.4) is 0 Å². The lowest BCUT2D eigenvalue weighted by Crippen LogP contribution is -2.08. The molecule has 0 aliphatic heterocycles. The predicted octanol–water partition coefficient (Wildman–Crippen LogP) is 2.40. The minimum atomic E-state index is -0.378. The first kappa shape index (κ1) is 12.5. The van der Waals surface area contributed by atoms with Gasteiger partial charge in [-0.25, -0.2) is 9.78 Å². The van der Waals surface area contributed by atoms with Gasteiger partial charge in [0, 0.05) is 0 Å². The number of hydrogen-bond acceptors (Lipinski definition) is 4. The largest absolute Gasteiger partial charge is 0.461 e. The van der Waals surface area contributed by atoms with Crippen LogP contribution in [0.1, 0.15) is 43.1 Å². The molecule has 1 heterocycles. The smallest absolute Gasteiger partial charge is 0.356 e. The van der Waals surface area contributed by atoms with E-state index in [4.69, 9.17) is 10.5 Å². The van der Waals surface area contributed by atoms with E-state index in [1.165, 1.54) is 19.0 Å². The average Bonchev–Trinajstić information content (AvgIpc) is 2.29. The minimum Gasteiger partial charge on any atom is -0.461 e. The van der Waals surface area contributed by atoms with E-state index in [2.05, 4.69) is 11.9 Å². The molecule has 4 heteroatoms. The van der Waals surface area contributed by atoms with Gasteiger partial charge in [0.15, 0.2) is 0 Å². The molecular formula is C12H18N2O2. The van der Waals surface area contributed by atoms with E-state index in [-0.39, 0.29) is 5.97 Å². The Morgan fingerprint density at radius 1 is 1.38 bits per heavy atom. The first-order valence-electron chi connectivity index (χ1n) is 5.62. The highest BCUT2D eigenvalue weighted by Crippen LogP contribution is 2.04. The van der Waals surface area contributed by atoms with Crippen molar-refractivity contribution < 1.29 is 9.53 Å². The van der Waals surface area contributed by atoms with Crippen LogP contribution in [0.5, 0.6) is 0 Å². The van der Waals surface area contributed by atoms with Crippen LogP contribution < -0.4 is 5.73 Å². The van der Waals surface area contributed by atoms with E-state index in [1.807, 2.05) is 0 Å². The predicted molar refractivity (Wildman–Crippen MR) is 63.1 cm³/mol. The van der Waals surface area contributed by atoms with E-state index in [9.17, 15) is 4.79 Å². The Hall–Kier alpha value is -1.58. The van der Waals surface area contributed by atoms with Gasteiger partial charge < -0.3 is 10.5 Å². The van der Waals surface area contributed by atoms with Crippen LogP contribution in [0.15, 0.2) is 18.3 Å². The normalized spacial score (nSPS) is 10.1. The van der Waals surface area contributed by atoms with Crippen LogP contribution in [0.25, 0.3) is 0 Å². The molecule has 0 spiro atoms. The minimum absolute atomic E-state index is 0.310. The second kappa shape index (κ2) is 6.82. The maximum Gasteiger partial charge on any atom is 0.356 e. The molecule has 4 nitrogen and oxygen atoms in total. The summed E-state index contributed by atoms with van der Waals surface area (Å²) in [5.74, 6) is -0.378. The van der Waals surface area contributed by atoms with Gasteiger partial charge in [-0.1, -0.05) is 26.2 Å². The van der Waals surface area contributed by atoms with Crippen molar-refractivity contribution in [3.63, 3.8) is 0 Å². The van der Waals surface area contributed by atoms with E-state index < -0.39 is 0 Å². The summed E-state index contributed by atoms with van der Waals surface area (Å²) in [5.41, 5.74) is 6.32. The monoisotopic (exact) mass is 222 g/mol. The SMILES string of the molecule is CCCCCCOC(=O)c1ccc(N)cn1. The summed E-state index contributed by atoms with van der Waals surface area (Å²) in [6.45, 7) is 2.61. The maximum absolute atomic E-state index is 11.5. The standard InChI is InChI=1S/C12H18N2O2/c1-2-3-4-5-8-16-12(15)11-7-6-10(13)9-14-11/h6-7,9H,2-5,8,13H2,1H3. The molecule has 0 atom stereocenters. The fraction of sp³-hybridized carbons (Fsp3) is 0.500. The van der Waals surface area contributed by atoms with E-state index >= 15 is 0 Å². The van der Waals surface area contributed by atoms with Crippen molar-refractivity contribution >= 4 is 11.7 Å². The lowest BCUT2D eigenvalue weighted by Gasteiger charge is -2.03. The van der Waals surface area contributed by atoms with E-state index in [1.54, 1.807) is 12.1 Å². The zero-order chi connectivity index (χ0) is 11.8. The van der Waals surface area contributed by atoms with Gasteiger partial charge in [-0.15, -0.1) is 0 Å². The number of nitrogen functional groups attached to an aromatic ring is 1. The molecule has 1 rings (SSSR count). The Bertz CT molecular complexity index is 322. The second-order valence-corrected chi connectivity index (χ2v) is 3.67. The number of nitrogens with zero attached hydrogens (tertiary/aromatic N) is 1. The number of rotatable bonds is 6. The summed E-state index contributed by atoms with van der Waals surface area (Å²) in [7, 11) is 0. The molecule has 88 valence electrons. The molecule has 1 aromatic heterocycles. The highest BCUT2D eigenvalue weighted by Gasteiger charge is 2.07. The molecule has 0 saturated carbocycles. The van der Waals surface area contributed by atoms with Crippen LogP contribution in [0.4, 0.5) is 5.69 Å². The van der Waals surface area contributed by atoms with Crippen molar-refractivity contribution in [2.45, 2.75) is 32.6 Å². The summed E-state index contributed by atoms with van der Waals surface area (Å²) in [5, 5.41) is 0. The maximum atomic E-state index is 11.5. The molecule has 0 amide bonds. The molecule has 0 radical (unpaired) electrons. The first-order valence-corrected chi connectivity index (χ1v) is 5.62. The van der Waals surface area contributed by atoms with Gasteiger partial charge in [-0.05, 0) is 18.6 Å². The van der Waals surface area contributed by atoms with Gasteiger partial charge >= 0.3 is 5.97 Å². The van der Waals surface area contributed by atoms with Crippen LogP contribution in [0.2, 0.25) is 0 Å². The number of nitrogens with two attached hydrogens (primary N) is 1. The van der Waals surface area contributed by atoms with Crippen molar-refractivity contribution in [1.82, 2.24) is 4.98 Å². The zero-order valence-corrected chi connectivity index (χ0v) is 9.61. The van der Waals surface area contributed by atoms with Crippen molar-refractivity contribution in [2.24, 2.45) is 0 Å². The molecule has 0 aliphatic carbocycles. The van der Waals surface area contributed by atoms with Crippen LogP contribution in [-0.2, 0) is 4.74 Å². The lowest BCUT2D eigenvalue weighted by molar-refractivity contribution is 0.0491. The van der Waals surface area contributed by atoms with Gasteiger partial charge in [-0.2, -0.15) is 0 Å². The molecular weight excluding hydrogens is 204 g/mol. The molecule has 0 aliphatic rings. The highest BCUT2D eigenvalue weighted by molar-refractivity contribution is 5.87. The third kappa shape index (κ3) is 4.29. The summed E-state index contributed by atoms with van der Waals surface area (Å²) < 4.78 is 5.07. The molecule has 0 unspecified atom stereocenters. The van der Waals surface area contributed by atoms with Gasteiger partial charge in [0.05, 0.1) is 18.5 Å². The van der Waals surface area contributed by atoms with Gasteiger partial charge in [0.1, 0.15) is 5.69 Å². The third-order valence-electron chi connectivity index (χ3n) is 2.23. The molecule has 0 saturated heterocycles. The van der Waals surface area contributed by atoms with Crippen LogP contribution in [-0.4, -0.2) is 17.6 Å². The molecule has 0 fully saturated rings. The molecule has 1 aromatic rings.